The van der Waals surface area contributed by atoms with Gasteiger partial charge < -0.3 is 9.47 Å². The Balaban J connectivity index is 1.75. The standard InChI is InChI=1S/C17H21Br3O3/c1-5-6-9-8(2)11(7-10(9)21)22-15-13-12(16(13,3)4)14(23-15)17(18,19)20/h5,11-15H,1,6-7H2,2-4H3/t11-,12-,13+,14+,15+/m0/s1. The number of halogens is 3. The van der Waals surface area contributed by atoms with Gasteiger partial charge in [-0.05, 0) is 24.3 Å². The number of carbonyl (C=O) groups excluding carboxylic acids is 1. The van der Waals surface area contributed by atoms with Gasteiger partial charge in [0, 0.05) is 23.8 Å². The van der Waals surface area contributed by atoms with Crippen LogP contribution in [0.3, 0.4) is 0 Å². The first-order chi connectivity index (χ1) is 10.6. The smallest absolute Gasteiger partial charge is 0.162 e. The van der Waals surface area contributed by atoms with E-state index in [9.17, 15) is 4.79 Å². The van der Waals surface area contributed by atoms with E-state index in [2.05, 4.69) is 68.2 Å². The summed E-state index contributed by atoms with van der Waals surface area (Å²) in [4.78, 5) is 12.2. The molecule has 1 aliphatic heterocycles. The first-order valence-electron chi connectivity index (χ1n) is 7.80. The fraction of sp³-hybridized carbons (Fsp3) is 0.706. The van der Waals surface area contributed by atoms with Crippen LogP contribution in [0.5, 0.6) is 0 Å². The number of hydrogen-bond donors (Lipinski definition) is 0. The minimum absolute atomic E-state index is 0.0264. The Morgan fingerprint density at radius 1 is 1.39 bits per heavy atom. The van der Waals surface area contributed by atoms with Crippen molar-refractivity contribution in [2.24, 2.45) is 17.3 Å². The molecule has 0 amide bonds. The van der Waals surface area contributed by atoms with Gasteiger partial charge in [-0.25, -0.2) is 0 Å². The highest BCUT2D eigenvalue weighted by Gasteiger charge is 2.73. The van der Waals surface area contributed by atoms with Gasteiger partial charge in [-0.2, -0.15) is 0 Å². The van der Waals surface area contributed by atoms with Gasteiger partial charge in [0.25, 0.3) is 0 Å². The number of alkyl halides is 3. The van der Waals surface area contributed by atoms with E-state index in [4.69, 9.17) is 9.47 Å². The maximum Gasteiger partial charge on any atom is 0.162 e. The van der Waals surface area contributed by atoms with E-state index in [1.807, 2.05) is 6.92 Å². The molecule has 1 saturated heterocycles. The highest BCUT2D eigenvalue weighted by Crippen LogP contribution is 2.70. The summed E-state index contributed by atoms with van der Waals surface area (Å²) in [6, 6.07) is 0. The van der Waals surface area contributed by atoms with Gasteiger partial charge >= 0.3 is 0 Å². The third-order valence-electron chi connectivity index (χ3n) is 5.53. The number of hydrogen-bond acceptors (Lipinski definition) is 3. The zero-order valence-corrected chi connectivity index (χ0v) is 18.2. The molecular weight excluding hydrogens is 492 g/mol. The first-order valence-corrected chi connectivity index (χ1v) is 10.2. The number of ether oxygens (including phenoxy) is 2. The lowest BCUT2D eigenvalue weighted by molar-refractivity contribution is -0.179. The number of rotatable bonds is 4. The molecule has 0 unspecified atom stereocenters. The van der Waals surface area contributed by atoms with Crippen LogP contribution in [0.1, 0.15) is 33.6 Å². The van der Waals surface area contributed by atoms with Gasteiger partial charge in [-0.15, -0.1) is 6.58 Å². The summed E-state index contributed by atoms with van der Waals surface area (Å²) in [5.41, 5.74) is 2.06. The van der Waals surface area contributed by atoms with E-state index in [0.717, 1.165) is 11.1 Å². The summed E-state index contributed by atoms with van der Waals surface area (Å²) in [5, 5.41) is 0. The molecule has 0 aromatic carbocycles. The molecule has 5 atom stereocenters. The van der Waals surface area contributed by atoms with Gasteiger partial charge in [0.1, 0.15) is 0 Å². The molecule has 0 aromatic heterocycles. The van der Waals surface area contributed by atoms with Crippen molar-refractivity contribution in [3.63, 3.8) is 0 Å². The second-order valence-electron chi connectivity index (χ2n) is 7.25. The maximum absolute atomic E-state index is 12.2. The fourth-order valence-electron chi connectivity index (χ4n) is 4.12. The highest BCUT2D eigenvalue weighted by atomic mass is 80.0. The van der Waals surface area contributed by atoms with E-state index in [-0.39, 0.29) is 29.7 Å². The largest absolute Gasteiger partial charge is 0.345 e. The summed E-state index contributed by atoms with van der Waals surface area (Å²) in [6.07, 6.45) is 2.33. The van der Waals surface area contributed by atoms with Crippen LogP contribution in [0.2, 0.25) is 0 Å². The lowest BCUT2D eigenvalue weighted by atomic mass is 10.1. The van der Waals surface area contributed by atoms with Crippen LogP contribution in [0.15, 0.2) is 23.8 Å². The van der Waals surface area contributed by atoms with Crippen molar-refractivity contribution in [1.29, 1.82) is 0 Å². The molecular formula is C17H21Br3O3. The average molecular weight is 513 g/mol. The number of ketones is 1. The van der Waals surface area contributed by atoms with Crippen LogP contribution in [0.25, 0.3) is 0 Å². The predicted molar refractivity (Wildman–Crippen MR) is 101 cm³/mol. The fourth-order valence-corrected chi connectivity index (χ4v) is 5.30. The zero-order chi connectivity index (χ0) is 17.2. The molecule has 2 aliphatic carbocycles. The van der Waals surface area contributed by atoms with Crippen LogP contribution in [0, 0.1) is 17.3 Å². The lowest BCUT2D eigenvalue weighted by Crippen LogP contribution is -2.35. The Kier molecular flexibility index (Phi) is 4.81. The highest BCUT2D eigenvalue weighted by molar-refractivity contribution is 9.39. The second kappa shape index (κ2) is 6.04. The van der Waals surface area contributed by atoms with E-state index >= 15 is 0 Å². The van der Waals surface area contributed by atoms with Crippen LogP contribution in [0.4, 0.5) is 0 Å². The van der Waals surface area contributed by atoms with Crippen molar-refractivity contribution in [2.45, 2.75) is 54.3 Å². The number of carbonyl (C=O) groups is 1. The van der Waals surface area contributed by atoms with E-state index in [1.165, 1.54) is 0 Å². The molecule has 0 spiro atoms. The summed E-state index contributed by atoms with van der Waals surface area (Å²) >= 11 is 10.8. The SMILES string of the molecule is C=CCC1=C(C)[C@@H](O[C@@H]2O[C@@H](C(Br)(Br)Br)[C@@H]3[C@H]2C3(C)C)CC1=O. The molecule has 0 aromatic rings. The van der Waals surface area contributed by atoms with Crippen molar-refractivity contribution < 1.29 is 14.3 Å². The Labute approximate surface area is 162 Å². The average Bonchev–Trinajstić information content (AvgIpc) is 2.72. The van der Waals surface area contributed by atoms with E-state index in [1.54, 1.807) is 6.08 Å². The van der Waals surface area contributed by atoms with E-state index < -0.39 is 2.14 Å². The van der Waals surface area contributed by atoms with Crippen LogP contribution < -0.4 is 0 Å². The monoisotopic (exact) mass is 510 g/mol. The molecule has 2 fully saturated rings. The normalized spacial score (nSPS) is 38.9. The first kappa shape index (κ1) is 18.3. The van der Waals surface area contributed by atoms with E-state index in [0.29, 0.717) is 24.7 Å². The molecule has 3 nitrogen and oxygen atoms in total. The Morgan fingerprint density at radius 2 is 2.04 bits per heavy atom. The van der Waals surface area contributed by atoms with Crippen molar-refractivity contribution >= 4 is 53.6 Å². The maximum atomic E-state index is 12.2. The van der Waals surface area contributed by atoms with Gasteiger partial charge in [-0.3, -0.25) is 4.79 Å². The molecule has 6 heteroatoms. The third-order valence-corrected chi connectivity index (χ3v) is 6.89. The van der Waals surface area contributed by atoms with Gasteiger partial charge in [-0.1, -0.05) is 67.7 Å². The molecule has 1 saturated carbocycles. The second-order valence-corrected chi connectivity index (χ2v) is 14.2. The third kappa shape index (κ3) is 3.07. The Bertz CT molecular complexity index is 576. The topological polar surface area (TPSA) is 35.5 Å². The molecule has 0 N–H and O–H groups in total. The van der Waals surface area contributed by atoms with Gasteiger partial charge in [0.2, 0.25) is 0 Å². The predicted octanol–water partition coefficient (Wildman–Crippen LogP) is 5.07. The Hall–Kier alpha value is 0.510. The van der Waals surface area contributed by atoms with Crippen LogP contribution in [-0.4, -0.2) is 26.4 Å². The molecule has 1 heterocycles. The summed E-state index contributed by atoms with van der Waals surface area (Å²) in [6.45, 7) is 10.2. The summed E-state index contributed by atoms with van der Waals surface area (Å²) in [7, 11) is 0. The molecule has 3 rings (SSSR count). The van der Waals surface area contributed by atoms with Crippen molar-refractivity contribution in [3.05, 3.63) is 23.8 Å². The van der Waals surface area contributed by atoms with Crippen LogP contribution in [-0.2, 0) is 14.3 Å². The van der Waals surface area contributed by atoms with Crippen molar-refractivity contribution in [3.8, 4) is 0 Å². The minimum atomic E-state index is -0.452. The van der Waals surface area contributed by atoms with Crippen molar-refractivity contribution in [1.82, 2.24) is 0 Å². The molecule has 3 aliphatic rings. The molecule has 0 radical (unpaired) electrons. The number of Topliss-reactive ketones (excluding diaryl/α,β-unsaturated/α-hetero) is 1. The minimum Gasteiger partial charge on any atom is -0.345 e. The van der Waals surface area contributed by atoms with Gasteiger partial charge in [0.05, 0.1) is 12.2 Å². The van der Waals surface area contributed by atoms with Crippen molar-refractivity contribution in [2.75, 3.05) is 0 Å². The summed E-state index contributed by atoms with van der Waals surface area (Å²) < 4.78 is 11.9. The number of fused-ring (bicyclic) bond motifs is 1. The molecule has 0 bridgehead atoms. The summed E-state index contributed by atoms with van der Waals surface area (Å²) in [5.74, 6) is 0.940. The molecule has 23 heavy (non-hydrogen) atoms. The van der Waals surface area contributed by atoms with Gasteiger partial charge in [0.15, 0.2) is 14.2 Å². The van der Waals surface area contributed by atoms with Crippen LogP contribution >= 0.6 is 47.8 Å². The molecule has 128 valence electrons. The quantitative estimate of drug-likeness (QED) is 0.389. The lowest BCUT2D eigenvalue weighted by Gasteiger charge is -2.30. The number of allylic oxidation sites excluding steroid dienone is 2. The zero-order valence-electron chi connectivity index (χ0n) is 13.4. The Morgan fingerprint density at radius 3 is 2.57 bits per heavy atom.